The minimum absolute atomic E-state index is 0.0928. The van der Waals surface area contributed by atoms with Crippen LogP contribution in [-0.2, 0) is 19.3 Å². The number of carbonyl (C=O) groups is 1. The minimum atomic E-state index is -0.862. The van der Waals surface area contributed by atoms with Gasteiger partial charge in [0.05, 0.1) is 0 Å². The first-order valence-electron chi connectivity index (χ1n) is 8.97. The van der Waals surface area contributed by atoms with E-state index in [0.717, 1.165) is 12.0 Å². The SMILES string of the molecule is CCc1ccc(CC(C)(C)N(C(=O)O)C(C)Cc2ccccc2)cc1. The molecule has 0 aliphatic carbocycles. The highest BCUT2D eigenvalue weighted by Gasteiger charge is 2.34. The summed E-state index contributed by atoms with van der Waals surface area (Å²) in [6.07, 6.45) is 1.56. The number of benzene rings is 2. The molecule has 0 saturated carbocycles. The summed E-state index contributed by atoms with van der Waals surface area (Å²) in [5.74, 6) is 0. The van der Waals surface area contributed by atoms with Crippen LogP contribution >= 0.6 is 0 Å². The molecule has 0 aliphatic heterocycles. The largest absolute Gasteiger partial charge is 0.465 e. The second-order valence-corrected chi connectivity index (χ2v) is 7.35. The summed E-state index contributed by atoms with van der Waals surface area (Å²) in [5.41, 5.74) is 3.15. The highest BCUT2D eigenvalue weighted by atomic mass is 16.4. The summed E-state index contributed by atoms with van der Waals surface area (Å²) in [4.78, 5) is 13.6. The van der Waals surface area contributed by atoms with Crippen LogP contribution in [-0.4, -0.2) is 27.7 Å². The molecule has 2 aromatic carbocycles. The zero-order valence-corrected chi connectivity index (χ0v) is 15.7. The number of carboxylic acid groups (broad SMARTS) is 1. The third-order valence-electron chi connectivity index (χ3n) is 4.74. The maximum atomic E-state index is 12.0. The second kappa shape index (κ2) is 8.19. The van der Waals surface area contributed by atoms with E-state index in [1.54, 1.807) is 4.90 Å². The summed E-state index contributed by atoms with van der Waals surface area (Å²) in [6, 6.07) is 18.5. The van der Waals surface area contributed by atoms with Crippen LogP contribution in [0, 0.1) is 0 Å². The van der Waals surface area contributed by atoms with Gasteiger partial charge in [-0.05, 0) is 56.7 Å². The molecule has 0 aromatic heterocycles. The van der Waals surface area contributed by atoms with E-state index in [2.05, 4.69) is 31.2 Å². The van der Waals surface area contributed by atoms with Crippen molar-refractivity contribution >= 4 is 6.09 Å². The molecule has 0 aliphatic rings. The number of amides is 1. The molecule has 0 heterocycles. The predicted molar refractivity (Wildman–Crippen MR) is 103 cm³/mol. The average Bonchev–Trinajstić information content (AvgIpc) is 2.55. The molecule has 1 atom stereocenters. The molecule has 0 radical (unpaired) electrons. The van der Waals surface area contributed by atoms with Crippen molar-refractivity contribution in [1.29, 1.82) is 0 Å². The van der Waals surface area contributed by atoms with Gasteiger partial charge in [-0.15, -0.1) is 0 Å². The molecule has 25 heavy (non-hydrogen) atoms. The topological polar surface area (TPSA) is 40.5 Å². The smallest absolute Gasteiger partial charge is 0.408 e. The number of hydrogen-bond donors (Lipinski definition) is 1. The molecule has 2 aromatic rings. The van der Waals surface area contributed by atoms with E-state index in [1.165, 1.54) is 11.1 Å². The van der Waals surface area contributed by atoms with Crippen molar-refractivity contribution in [2.45, 2.75) is 58.5 Å². The third-order valence-corrected chi connectivity index (χ3v) is 4.74. The zero-order chi connectivity index (χ0) is 18.4. The maximum Gasteiger partial charge on any atom is 0.408 e. The van der Waals surface area contributed by atoms with Crippen LogP contribution in [0.1, 0.15) is 44.4 Å². The van der Waals surface area contributed by atoms with Gasteiger partial charge < -0.3 is 5.11 Å². The molecule has 0 bridgehead atoms. The number of hydrogen-bond acceptors (Lipinski definition) is 1. The summed E-state index contributed by atoms with van der Waals surface area (Å²) >= 11 is 0. The lowest BCUT2D eigenvalue weighted by molar-refractivity contribution is 0.0669. The Labute approximate surface area is 151 Å². The van der Waals surface area contributed by atoms with Crippen LogP contribution in [0.5, 0.6) is 0 Å². The van der Waals surface area contributed by atoms with Crippen molar-refractivity contribution in [3.05, 3.63) is 71.3 Å². The van der Waals surface area contributed by atoms with Crippen molar-refractivity contribution in [1.82, 2.24) is 4.90 Å². The van der Waals surface area contributed by atoms with E-state index >= 15 is 0 Å². The predicted octanol–water partition coefficient (Wildman–Crippen LogP) is 5.18. The van der Waals surface area contributed by atoms with Gasteiger partial charge in [0.25, 0.3) is 0 Å². The molecule has 134 valence electrons. The molecule has 0 saturated heterocycles. The molecule has 0 spiro atoms. The minimum Gasteiger partial charge on any atom is -0.465 e. The van der Waals surface area contributed by atoms with Crippen LogP contribution in [0.3, 0.4) is 0 Å². The lowest BCUT2D eigenvalue weighted by atomic mass is 9.90. The van der Waals surface area contributed by atoms with Gasteiger partial charge in [-0.1, -0.05) is 61.5 Å². The Hall–Kier alpha value is -2.29. The number of rotatable bonds is 7. The van der Waals surface area contributed by atoms with Gasteiger partial charge in [-0.2, -0.15) is 0 Å². The monoisotopic (exact) mass is 339 g/mol. The molecular formula is C22H29NO2. The Balaban J connectivity index is 2.16. The van der Waals surface area contributed by atoms with Gasteiger partial charge >= 0.3 is 6.09 Å². The Bertz CT molecular complexity index is 677. The van der Waals surface area contributed by atoms with Crippen molar-refractivity contribution in [2.75, 3.05) is 0 Å². The normalized spacial score (nSPS) is 12.6. The second-order valence-electron chi connectivity index (χ2n) is 7.35. The molecule has 0 fully saturated rings. The Morgan fingerprint density at radius 3 is 2.08 bits per heavy atom. The first-order chi connectivity index (χ1) is 11.8. The lowest BCUT2D eigenvalue weighted by Gasteiger charge is -2.41. The Morgan fingerprint density at radius 1 is 1.00 bits per heavy atom. The van der Waals surface area contributed by atoms with E-state index in [9.17, 15) is 9.90 Å². The van der Waals surface area contributed by atoms with Gasteiger partial charge in [0.2, 0.25) is 0 Å². The molecule has 1 N–H and O–H groups in total. The van der Waals surface area contributed by atoms with Crippen molar-refractivity contribution in [3.8, 4) is 0 Å². The molecular weight excluding hydrogens is 310 g/mol. The lowest BCUT2D eigenvalue weighted by Crippen LogP contribution is -2.53. The summed E-state index contributed by atoms with van der Waals surface area (Å²) in [5, 5.41) is 9.84. The number of aryl methyl sites for hydroxylation is 1. The van der Waals surface area contributed by atoms with Crippen molar-refractivity contribution in [2.24, 2.45) is 0 Å². The van der Waals surface area contributed by atoms with E-state index in [4.69, 9.17) is 0 Å². The van der Waals surface area contributed by atoms with Crippen LogP contribution in [0.15, 0.2) is 54.6 Å². The molecule has 2 rings (SSSR count). The van der Waals surface area contributed by atoms with Gasteiger partial charge in [-0.25, -0.2) is 4.79 Å². The molecule has 1 unspecified atom stereocenters. The van der Waals surface area contributed by atoms with Crippen molar-refractivity contribution in [3.63, 3.8) is 0 Å². The van der Waals surface area contributed by atoms with E-state index in [0.29, 0.717) is 12.8 Å². The highest BCUT2D eigenvalue weighted by Crippen LogP contribution is 2.25. The average molecular weight is 339 g/mol. The summed E-state index contributed by atoms with van der Waals surface area (Å²) in [6.45, 7) is 8.14. The van der Waals surface area contributed by atoms with Crippen LogP contribution in [0.2, 0.25) is 0 Å². The van der Waals surface area contributed by atoms with Crippen LogP contribution < -0.4 is 0 Å². The summed E-state index contributed by atoms with van der Waals surface area (Å²) < 4.78 is 0. The summed E-state index contributed by atoms with van der Waals surface area (Å²) in [7, 11) is 0. The van der Waals surface area contributed by atoms with Gasteiger partial charge in [0.1, 0.15) is 0 Å². The first kappa shape index (κ1) is 19.0. The van der Waals surface area contributed by atoms with Gasteiger partial charge in [-0.3, -0.25) is 4.90 Å². The van der Waals surface area contributed by atoms with Gasteiger partial charge in [0, 0.05) is 11.6 Å². The van der Waals surface area contributed by atoms with Gasteiger partial charge in [0.15, 0.2) is 0 Å². The van der Waals surface area contributed by atoms with Crippen molar-refractivity contribution < 1.29 is 9.90 Å². The fourth-order valence-corrected chi connectivity index (χ4v) is 3.57. The zero-order valence-electron chi connectivity index (χ0n) is 15.7. The number of nitrogens with zero attached hydrogens (tertiary/aromatic N) is 1. The fraction of sp³-hybridized carbons (Fsp3) is 0.409. The molecule has 3 heteroatoms. The van der Waals surface area contributed by atoms with Crippen LogP contribution in [0.25, 0.3) is 0 Å². The first-order valence-corrected chi connectivity index (χ1v) is 8.97. The Kier molecular flexibility index (Phi) is 6.24. The fourth-order valence-electron chi connectivity index (χ4n) is 3.57. The quantitative estimate of drug-likeness (QED) is 0.755. The highest BCUT2D eigenvalue weighted by molar-refractivity contribution is 5.66. The molecule has 3 nitrogen and oxygen atoms in total. The van der Waals surface area contributed by atoms with E-state index in [1.807, 2.05) is 51.1 Å². The standard InChI is InChI=1S/C22H29NO2/c1-5-18-11-13-20(14-12-18)16-22(3,4)23(21(24)25)17(2)15-19-9-7-6-8-10-19/h6-14,17H,5,15-16H2,1-4H3,(H,24,25). The maximum absolute atomic E-state index is 12.0. The van der Waals surface area contributed by atoms with E-state index < -0.39 is 11.6 Å². The third kappa shape index (κ3) is 5.09. The molecule has 1 amide bonds. The Morgan fingerprint density at radius 2 is 1.56 bits per heavy atom. The van der Waals surface area contributed by atoms with Crippen LogP contribution in [0.4, 0.5) is 4.79 Å². The van der Waals surface area contributed by atoms with E-state index in [-0.39, 0.29) is 6.04 Å².